The minimum atomic E-state index is -4.36. The Labute approximate surface area is 103 Å². The Morgan fingerprint density at radius 2 is 2.11 bits per heavy atom. The molecule has 1 unspecified atom stereocenters. The highest BCUT2D eigenvalue weighted by molar-refractivity contribution is 5.71. The Kier molecular flexibility index (Phi) is 4.72. The average molecular weight is 261 g/mol. The molecule has 0 aliphatic heterocycles. The van der Waals surface area contributed by atoms with Crippen molar-refractivity contribution in [3.05, 3.63) is 35.4 Å². The Bertz CT molecular complexity index is 418. The second kappa shape index (κ2) is 5.86. The van der Waals surface area contributed by atoms with E-state index in [1.165, 1.54) is 13.2 Å². The van der Waals surface area contributed by atoms with Gasteiger partial charge in [0, 0.05) is 6.04 Å². The van der Waals surface area contributed by atoms with Crippen LogP contribution < -0.4 is 5.32 Å². The highest BCUT2D eigenvalue weighted by atomic mass is 19.4. The van der Waals surface area contributed by atoms with Crippen molar-refractivity contribution < 1.29 is 22.7 Å². The van der Waals surface area contributed by atoms with Crippen LogP contribution in [0.25, 0.3) is 0 Å². The maximum atomic E-state index is 12.5. The van der Waals surface area contributed by atoms with Crippen LogP contribution in [-0.4, -0.2) is 19.6 Å². The van der Waals surface area contributed by atoms with E-state index in [1.54, 1.807) is 13.0 Å². The second-order valence-corrected chi connectivity index (χ2v) is 3.80. The van der Waals surface area contributed by atoms with Crippen LogP contribution in [-0.2, 0) is 15.7 Å². The number of hydrogen-bond donors (Lipinski definition) is 1. The number of alkyl halides is 3. The molecule has 0 saturated carbocycles. The van der Waals surface area contributed by atoms with Crippen LogP contribution in [0.2, 0.25) is 0 Å². The highest BCUT2D eigenvalue weighted by Gasteiger charge is 2.30. The van der Waals surface area contributed by atoms with Crippen LogP contribution in [0.5, 0.6) is 0 Å². The number of hydrogen-bond acceptors (Lipinski definition) is 3. The van der Waals surface area contributed by atoms with Gasteiger partial charge in [0.2, 0.25) is 0 Å². The monoisotopic (exact) mass is 261 g/mol. The normalized spacial score (nSPS) is 13.2. The molecule has 3 nitrogen and oxygen atoms in total. The largest absolute Gasteiger partial charge is 0.468 e. The molecule has 0 aliphatic carbocycles. The Morgan fingerprint density at radius 1 is 1.44 bits per heavy atom. The molecule has 6 heteroatoms. The number of methoxy groups -OCH3 is 1. The van der Waals surface area contributed by atoms with E-state index < -0.39 is 17.7 Å². The van der Waals surface area contributed by atoms with E-state index in [0.29, 0.717) is 5.56 Å². The minimum Gasteiger partial charge on any atom is -0.468 e. The molecule has 0 radical (unpaired) electrons. The lowest BCUT2D eigenvalue weighted by atomic mass is 10.0. The summed E-state index contributed by atoms with van der Waals surface area (Å²) in [5.74, 6) is -0.464. The number of carbonyl (C=O) groups is 1. The third-order valence-electron chi connectivity index (χ3n) is 2.49. The molecule has 100 valence electrons. The van der Waals surface area contributed by atoms with E-state index in [2.05, 4.69) is 10.1 Å². The van der Waals surface area contributed by atoms with Gasteiger partial charge in [-0.25, -0.2) is 0 Å². The van der Waals surface area contributed by atoms with Crippen LogP contribution in [0, 0.1) is 0 Å². The van der Waals surface area contributed by atoms with Gasteiger partial charge in [-0.2, -0.15) is 13.2 Å². The van der Waals surface area contributed by atoms with Crippen molar-refractivity contribution in [1.82, 2.24) is 5.32 Å². The average Bonchev–Trinajstić information content (AvgIpc) is 2.34. The van der Waals surface area contributed by atoms with E-state index in [-0.39, 0.29) is 12.6 Å². The van der Waals surface area contributed by atoms with Gasteiger partial charge in [0.15, 0.2) is 0 Å². The second-order valence-electron chi connectivity index (χ2n) is 3.80. The van der Waals surface area contributed by atoms with Gasteiger partial charge in [-0.3, -0.25) is 4.79 Å². The maximum Gasteiger partial charge on any atom is 0.416 e. The number of esters is 1. The summed E-state index contributed by atoms with van der Waals surface area (Å²) in [7, 11) is 1.25. The molecule has 0 spiro atoms. The molecule has 0 saturated heterocycles. The number of benzene rings is 1. The molecule has 0 heterocycles. The van der Waals surface area contributed by atoms with E-state index >= 15 is 0 Å². The van der Waals surface area contributed by atoms with Crippen LogP contribution in [0.1, 0.15) is 24.1 Å². The van der Waals surface area contributed by atoms with Gasteiger partial charge in [0.1, 0.15) is 0 Å². The molecule has 0 fully saturated rings. The van der Waals surface area contributed by atoms with Crippen LogP contribution in [0.3, 0.4) is 0 Å². The summed E-state index contributed by atoms with van der Waals surface area (Å²) in [6.07, 6.45) is -4.36. The fourth-order valence-electron chi connectivity index (χ4n) is 1.41. The SMILES string of the molecule is COC(=O)CNC(C)c1cccc(C(F)(F)F)c1. The number of ether oxygens (including phenoxy) is 1. The summed E-state index contributed by atoms with van der Waals surface area (Å²) >= 11 is 0. The van der Waals surface area contributed by atoms with Gasteiger partial charge in [-0.15, -0.1) is 0 Å². The first kappa shape index (κ1) is 14.5. The van der Waals surface area contributed by atoms with Crippen molar-refractivity contribution in [1.29, 1.82) is 0 Å². The smallest absolute Gasteiger partial charge is 0.416 e. The Balaban J connectivity index is 2.74. The van der Waals surface area contributed by atoms with Gasteiger partial charge in [0.25, 0.3) is 0 Å². The van der Waals surface area contributed by atoms with Crippen LogP contribution in [0.15, 0.2) is 24.3 Å². The molecule has 1 atom stereocenters. The van der Waals surface area contributed by atoms with Gasteiger partial charge in [0.05, 0.1) is 19.2 Å². The lowest BCUT2D eigenvalue weighted by molar-refractivity contribution is -0.140. The molecule has 1 aromatic rings. The molecule has 1 rings (SSSR count). The predicted molar refractivity (Wildman–Crippen MR) is 59.9 cm³/mol. The molecule has 0 aromatic heterocycles. The lowest BCUT2D eigenvalue weighted by Crippen LogP contribution is -2.26. The standard InChI is InChI=1S/C12H14F3NO2/c1-8(16-7-11(17)18-2)9-4-3-5-10(6-9)12(13,14)15/h3-6,8,16H,7H2,1-2H3. The first-order valence-electron chi connectivity index (χ1n) is 5.32. The summed E-state index contributed by atoms with van der Waals surface area (Å²) in [6, 6.07) is 4.62. The summed E-state index contributed by atoms with van der Waals surface area (Å²) < 4.78 is 41.9. The van der Waals surface area contributed by atoms with E-state index in [4.69, 9.17) is 0 Å². The van der Waals surface area contributed by atoms with Crippen molar-refractivity contribution in [3.8, 4) is 0 Å². The maximum absolute atomic E-state index is 12.5. The number of carbonyl (C=O) groups excluding carboxylic acids is 1. The zero-order valence-electron chi connectivity index (χ0n) is 10.0. The van der Waals surface area contributed by atoms with Gasteiger partial charge in [-0.05, 0) is 24.6 Å². The first-order chi connectivity index (χ1) is 8.34. The van der Waals surface area contributed by atoms with Crippen molar-refractivity contribution in [2.45, 2.75) is 19.1 Å². The minimum absolute atomic E-state index is 0.0477. The lowest BCUT2D eigenvalue weighted by Gasteiger charge is -2.15. The van der Waals surface area contributed by atoms with Gasteiger partial charge in [-0.1, -0.05) is 12.1 Å². The van der Waals surface area contributed by atoms with E-state index in [9.17, 15) is 18.0 Å². The molecule has 1 aromatic carbocycles. The van der Waals surface area contributed by atoms with Crippen molar-refractivity contribution in [3.63, 3.8) is 0 Å². The summed E-state index contributed by atoms with van der Waals surface area (Å²) in [5.41, 5.74) is -0.236. The van der Waals surface area contributed by atoms with Crippen LogP contribution in [0.4, 0.5) is 13.2 Å². The quantitative estimate of drug-likeness (QED) is 0.846. The predicted octanol–water partition coefficient (Wildman–Crippen LogP) is 2.53. The summed E-state index contributed by atoms with van der Waals surface area (Å²) in [4.78, 5) is 10.9. The Hall–Kier alpha value is -1.56. The molecule has 0 bridgehead atoms. The zero-order chi connectivity index (χ0) is 13.8. The highest BCUT2D eigenvalue weighted by Crippen LogP contribution is 2.30. The van der Waals surface area contributed by atoms with Gasteiger partial charge >= 0.3 is 12.1 Å². The molecular weight excluding hydrogens is 247 g/mol. The van der Waals surface area contributed by atoms with E-state index in [0.717, 1.165) is 12.1 Å². The Morgan fingerprint density at radius 3 is 2.67 bits per heavy atom. The number of halogens is 3. The summed E-state index contributed by atoms with van der Waals surface area (Å²) in [6.45, 7) is 1.63. The molecule has 1 N–H and O–H groups in total. The molecule has 0 aliphatic rings. The first-order valence-corrected chi connectivity index (χ1v) is 5.32. The molecular formula is C12H14F3NO2. The fraction of sp³-hybridized carbons (Fsp3) is 0.417. The van der Waals surface area contributed by atoms with Crippen molar-refractivity contribution in [2.24, 2.45) is 0 Å². The van der Waals surface area contributed by atoms with Crippen molar-refractivity contribution >= 4 is 5.97 Å². The number of nitrogens with one attached hydrogen (secondary N) is 1. The third kappa shape index (κ3) is 4.03. The zero-order valence-corrected chi connectivity index (χ0v) is 10.0. The van der Waals surface area contributed by atoms with E-state index in [1.807, 2.05) is 0 Å². The molecule has 18 heavy (non-hydrogen) atoms. The topological polar surface area (TPSA) is 38.3 Å². The molecule has 0 amide bonds. The van der Waals surface area contributed by atoms with Gasteiger partial charge < -0.3 is 10.1 Å². The van der Waals surface area contributed by atoms with Crippen molar-refractivity contribution in [2.75, 3.05) is 13.7 Å². The van der Waals surface area contributed by atoms with Crippen LogP contribution >= 0.6 is 0 Å². The fourth-order valence-corrected chi connectivity index (χ4v) is 1.41. The summed E-state index contributed by atoms with van der Waals surface area (Å²) in [5, 5.41) is 2.79. The third-order valence-corrected chi connectivity index (χ3v) is 2.49. The number of rotatable bonds is 4.